The third kappa shape index (κ3) is 4.17. The van der Waals surface area contributed by atoms with Crippen LogP contribution < -0.4 is 0 Å². The number of methoxy groups -OCH3 is 2. The Hall–Kier alpha value is -1.77. The topological polar surface area (TPSA) is 35.5 Å². The van der Waals surface area contributed by atoms with Crippen molar-refractivity contribution in [1.29, 1.82) is 0 Å². The van der Waals surface area contributed by atoms with Crippen LogP contribution in [0.2, 0.25) is 0 Å². The zero-order valence-electron chi connectivity index (χ0n) is 9.60. The van der Waals surface area contributed by atoms with E-state index in [4.69, 9.17) is 4.74 Å². The van der Waals surface area contributed by atoms with Gasteiger partial charge in [-0.3, -0.25) is 0 Å². The molecule has 0 radical (unpaired) electrons. The molecule has 0 aliphatic heterocycles. The highest BCUT2D eigenvalue weighted by Crippen LogP contribution is 2.09. The van der Waals surface area contributed by atoms with Crippen LogP contribution in [0.4, 0.5) is 0 Å². The Balaban J connectivity index is 2.52. The van der Waals surface area contributed by atoms with Crippen molar-refractivity contribution in [3.05, 3.63) is 47.7 Å². The molecule has 3 heteroatoms. The summed E-state index contributed by atoms with van der Waals surface area (Å²) >= 11 is 0. The zero-order valence-corrected chi connectivity index (χ0v) is 9.60. The van der Waals surface area contributed by atoms with E-state index in [0.29, 0.717) is 12.2 Å². The minimum atomic E-state index is -0.384. The lowest BCUT2D eigenvalue weighted by Crippen LogP contribution is -2.00. The number of hydrogen-bond donors (Lipinski definition) is 0. The van der Waals surface area contributed by atoms with Crippen LogP contribution in [0.25, 0.3) is 0 Å². The summed E-state index contributed by atoms with van der Waals surface area (Å²) in [6.07, 6.45) is 2.91. The number of carbonyl (C=O) groups is 1. The van der Waals surface area contributed by atoms with E-state index in [1.165, 1.54) is 18.7 Å². The van der Waals surface area contributed by atoms with Gasteiger partial charge in [0, 0.05) is 6.42 Å². The molecule has 86 valence electrons. The second-order valence-electron chi connectivity index (χ2n) is 3.32. The molecule has 0 fully saturated rings. The highest BCUT2D eigenvalue weighted by atomic mass is 16.5. The summed E-state index contributed by atoms with van der Waals surface area (Å²) in [4.78, 5) is 11.0. The number of esters is 1. The molecule has 0 N–H and O–H groups in total. The first-order chi connectivity index (χ1) is 7.76. The molecule has 1 aromatic rings. The summed E-state index contributed by atoms with van der Waals surface area (Å²) in [7, 11) is 2.91. The van der Waals surface area contributed by atoms with Gasteiger partial charge in [-0.2, -0.15) is 0 Å². The Morgan fingerprint density at radius 1 is 1.19 bits per heavy atom. The van der Waals surface area contributed by atoms with E-state index in [0.717, 1.165) is 6.42 Å². The second-order valence-corrected chi connectivity index (χ2v) is 3.32. The highest BCUT2D eigenvalue weighted by Gasteiger charge is 2.02. The van der Waals surface area contributed by atoms with Gasteiger partial charge in [-0.25, -0.2) is 4.79 Å². The molecule has 1 aromatic carbocycles. The minimum Gasteiger partial charge on any atom is -0.501 e. The lowest BCUT2D eigenvalue weighted by molar-refractivity contribution is -0.135. The fourth-order valence-electron chi connectivity index (χ4n) is 1.34. The largest absolute Gasteiger partial charge is 0.501 e. The van der Waals surface area contributed by atoms with E-state index in [9.17, 15) is 4.79 Å². The van der Waals surface area contributed by atoms with Crippen molar-refractivity contribution in [2.24, 2.45) is 0 Å². The number of rotatable bonds is 5. The van der Waals surface area contributed by atoms with Gasteiger partial charge in [0.2, 0.25) is 0 Å². The Labute approximate surface area is 95.7 Å². The third-order valence-corrected chi connectivity index (χ3v) is 2.25. The SMILES string of the molecule is COC(=O)/C=C(/CCc1ccccc1)OC. The first-order valence-electron chi connectivity index (χ1n) is 5.12. The number of hydrogen-bond acceptors (Lipinski definition) is 3. The van der Waals surface area contributed by atoms with Crippen molar-refractivity contribution in [2.75, 3.05) is 14.2 Å². The van der Waals surface area contributed by atoms with E-state index in [-0.39, 0.29) is 5.97 Å². The molecule has 0 aliphatic carbocycles. The standard InChI is InChI=1S/C13H16O3/c1-15-12(10-13(14)16-2)9-8-11-6-4-3-5-7-11/h3-7,10H,8-9H2,1-2H3/b12-10-. The van der Waals surface area contributed by atoms with Crippen molar-refractivity contribution < 1.29 is 14.3 Å². The average Bonchev–Trinajstić information content (AvgIpc) is 2.35. The van der Waals surface area contributed by atoms with Crippen LogP contribution in [0.3, 0.4) is 0 Å². The van der Waals surface area contributed by atoms with Gasteiger partial charge in [0.1, 0.15) is 5.76 Å². The van der Waals surface area contributed by atoms with E-state index in [1.807, 2.05) is 30.3 Å². The van der Waals surface area contributed by atoms with Gasteiger partial charge in [-0.1, -0.05) is 30.3 Å². The Morgan fingerprint density at radius 2 is 1.88 bits per heavy atom. The quantitative estimate of drug-likeness (QED) is 0.434. The molecule has 0 unspecified atom stereocenters. The summed E-state index contributed by atoms with van der Waals surface area (Å²) in [6.45, 7) is 0. The zero-order chi connectivity index (χ0) is 11.8. The van der Waals surface area contributed by atoms with Gasteiger partial charge in [0.05, 0.1) is 20.3 Å². The summed E-state index contributed by atoms with van der Waals surface area (Å²) in [5.74, 6) is 0.251. The molecule has 1 rings (SSSR count). The Kier molecular flexibility index (Phi) is 5.12. The molecule has 0 aliphatic rings. The van der Waals surface area contributed by atoms with Crippen LogP contribution >= 0.6 is 0 Å². The van der Waals surface area contributed by atoms with Crippen LogP contribution in [0.1, 0.15) is 12.0 Å². The minimum absolute atomic E-state index is 0.384. The van der Waals surface area contributed by atoms with Crippen molar-refractivity contribution >= 4 is 5.97 Å². The molecule has 3 nitrogen and oxygen atoms in total. The van der Waals surface area contributed by atoms with Crippen LogP contribution in [0.15, 0.2) is 42.2 Å². The monoisotopic (exact) mass is 220 g/mol. The van der Waals surface area contributed by atoms with Crippen molar-refractivity contribution in [3.63, 3.8) is 0 Å². The van der Waals surface area contributed by atoms with Crippen molar-refractivity contribution in [2.45, 2.75) is 12.8 Å². The van der Waals surface area contributed by atoms with E-state index < -0.39 is 0 Å². The first-order valence-corrected chi connectivity index (χ1v) is 5.12. The molecular weight excluding hydrogens is 204 g/mol. The van der Waals surface area contributed by atoms with Gasteiger partial charge in [-0.15, -0.1) is 0 Å². The molecule has 0 saturated carbocycles. The molecule has 0 saturated heterocycles. The molecule has 0 heterocycles. The van der Waals surface area contributed by atoms with Gasteiger partial charge >= 0.3 is 5.97 Å². The Bertz CT molecular complexity index is 355. The molecule has 0 bridgehead atoms. The summed E-state index contributed by atoms with van der Waals surface area (Å²) in [5.41, 5.74) is 1.22. The summed E-state index contributed by atoms with van der Waals surface area (Å²) in [5, 5.41) is 0. The third-order valence-electron chi connectivity index (χ3n) is 2.25. The van der Waals surface area contributed by atoms with Crippen LogP contribution in [0, 0.1) is 0 Å². The van der Waals surface area contributed by atoms with E-state index in [2.05, 4.69) is 4.74 Å². The van der Waals surface area contributed by atoms with E-state index in [1.54, 1.807) is 7.11 Å². The lowest BCUT2D eigenvalue weighted by atomic mass is 10.1. The molecular formula is C13H16O3. The van der Waals surface area contributed by atoms with Gasteiger partial charge in [0.15, 0.2) is 0 Å². The highest BCUT2D eigenvalue weighted by molar-refractivity contribution is 5.82. The molecule has 16 heavy (non-hydrogen) atoms. The lowest BCUT2D eigenvalue weighted by Gasteiger charge is -2.05. The summed E-state index contributed by atoms with van der Waals surface area (Å²) < 4.78 is 9.64. The van der Waals surface area contributed by atoms with Gasteiger partial charge in [-0.05, 0) is 12.0 Å². The molecule has 0 amide bonds. The van der Waals surface area contributed by atoms with Crippen LogP contribution in [0.5, 0.6) is 0 Å². The number of ether oxygens (including phenoxy) is 2. The maximum Gasteiger partial charge on any atom is 0.333 e. The van der Waals surface area contributed by atoms with Gasteiger partial charge in [0.25, 0.3) is 0 Å². The summed E-state index contributed by atoms with van der Waals surface area (Å²) in [6, 6.07) is 10.1. The maximum atomic E-state index is 11.0. The first kappa shape index (κ1) is 12.3. The predicted molar refractivity (Wildman–Crippen MR) is 61.9 cm³/mol. The second kappa shape index (κ2) is 6.67. The van der Waals surface area contributed by atoms with Crippen LogP contribution in [-0.2, 0) is 20.7 Å². The fraction of sp³-hybridized carbons (Fsp3) is 0.308. The number of allylic oxidation sites excluding steroid dienone is 1. The smallest absolute Gasteiger partial charge is 0.333 e. The van der Waals surface area contributed by atoms with Gasteiger partial charge < -0.3 is 9.47 Å². The normalized spacial score (nSPS) is 11.0. The van der Waals surface area contributed by atoms with E-state index >= 15 is 0 Å². The Morgan fingerprint density at radius 3 is 2.44 bits per heavy atom. The number of carbonyl (C=O) groups excluding carboxylic acids is 1. The average molecular weight is 220 g/mol. The van der Waals surface area contributed by atoms with Crippen LogP contribution in [-0.4, -0.2) is 20.2 Å². The van der Waals surface area contributed by atoms with Crippen molar-refractivity contribution in [3.8, 4) is 0 Å². The number of benzene rings is 1. The van der Waals surface area contributed by atoms with Crippen molar-refractivity contribution in [1.82, 2.24) is 0 Å². The predicted octanol–water partition coefficient (Wildman–Crippen LogP) is 2.32. The number of aryl methyl sites for hydroxylation is 1. The maximum absolute atomic E-state index is 11.0. The molecule has 0 atom stereocenters. The fourth-order valence-corrected chi connectivity index (χ4v) is 1.34. The molecule has 0 spiro atoms. The molecule has 0 aromatic heterocycles.